The van der Waals surface area contributed by atoms with Crippen LogP contribution in [-0.4, -0.2) is 28.7 Å². The van der Waals surface area contributed by atoms with Crippen LogP contribution in [-0.2, 0) is 29.3 Å². The fourth-order valence-electron chi connectivity index (χ4n) is 4.38. The highest BCUT2D eigenvalue weighted by Gasteiger charge is 2.40. The van der Waals surface area contributed by atoms with Crippen LogP contribution in [0.15, 0.2) is 67.0 Å². The summed E-state index contributed by atoms with van der Waals surface area (Å²) < 4.78 is 8.14. The van der Waals surface area contributed by atoms with E-state index in [1.807, 2.05) is 42.7 Å². The minimum atomic E-state index is -0.642. The summed E-state index contributed by atoms with van der Waals surface area (Å²) in [5, 5.41) is 2.33. The number of hydrogen-bond acceptors (Lipinski definition) is 5. The number of benzene rings is 2. The normalized spacial score (nSPS) is 17.5. The van der Waals surface area contributed by atoms with Crippen LogP contribution < -0.4 is 20.4 Å². The Labute approximate surface area is 196 Å². The number of hydrogen-bond donors (Lipinski definition) is 2. The largest absolute Gasteiger partial charge is 0.489 e. The molecule has 0 radical (unpaired) electrons. The van der Waals surface area contributed by atoms with Gasteiger partial charge in [0.2, 0.25) is 11.8 Å². The fourth-order valence-corrected chi connectivity index (χ4v) is 4.38. The number of carbonyl (C=O) groups excluding carboxylic acids is 3. The van der Waals surface area contributed by atoms with E-state index in [0.717, 1.165) is 28.9 Å². The summed E-state index contributed by atoms with van der Waals surface area (Å²) >= 11 is 0. The summed E-state index contributed by atoms with van der Waals surface area (Å²) in [7, 11) is 0. The first-order valence-electron chi connectivity index (χ1n) is 11.2. The van der Waals surface area contributed by atoms with Gasteiger partial charge in [-0.1, -0.05) is 30.3 Å². The SMILES string of the molecule is Nc1cc[n+](Cc2ccc(COc3cccc4c3CN(C3CCC(=O)NC3=O)C4=O)cc2)cc1. The molecule has 8 nitrogen and oxygen atoms in total. The van der Waals surface area contributed by atoms with Gasteiger partial charge in [0.15, 0.2) is 18.9 Å². The standard InChI is InChI=1S/C26H24N4O4/c27-19-10-12-29(13-11-19)14-17-4-6-18(7-5-17)16-34-23-3-1-2-20-21(23)15-30(26(20)33)22-8-9-24(31)28-25(22)32/h1-7,10-13,22,27H,8-9,14-16H2,(H,28,31,32)/p+1. The van der Waals surface area contributed by atoms with Gasteiger partial charge in [-0.15, -0.1) is 0 Å². The number of amides is 3. The highest BCUT2D eigenvalue weighted by Crippen LogP contribution is 2.33. The average molecular weight is 458 g/mol. The number of anilines is 1. The summed E-state index contributed by atoms with van der Waals surface area (Å²) in [5.41, 5.74) is 9.95. The number of rotatable bonds is 6. The summed E-state index contributed by atoms with van der Waals surface area (Å²) in [6.07, 6.45) is 4.46. The molecule has 1 fully saturated rings. The molecule has 1 saturated heterocycles. The molecule has 0 spiro atoms. The molecular weight excluding hydrogens is 432 g/mol. The van der Waals surface area contributed by atoms with Crippen molar-refractivity contribution in [1.82, 2.24) is 10.2 Å². The van der Waals surface area contributed by atoms with Gasteiger partial charge in [0.1, 0.15) is 18.4 Å². The molecule has 1 atom stereocenters. The molecule has 2 aliphatic heterocycles. The summed E-state index contributed by atoms with van der Waals surface area (Å²) in [6.45, 7) is 1.39. The Kier molecular flexibility index (Phi) is 5.71. The zero-order chi connectivity index (χ0) is 23.7. The van der Waals surface area contributed by atoms with Gasteiger partial charge in [-0.25, -0.2) is 4.57 Å². The highest BCUT2D eigenvalue weighted by molar-refractivity contribution is 6.05. The monoisotopic (exact) mass is 457 g/mol. The lowest BCUT2D eigenvalue weighted by molar-refractivity contribution is -0.688. The van der Waals surface area contributed by atoms with Crippen molar-refractivity contribution in [3.05, 3.63) is 89.2 Å². The van der Waals surface area contributed by atoms with E-state index < -0.39 is 11.9 Å². The number of fused-ring (bicyclic) bond motifs is 1. The van der Waals surface area contributed by atoms with E-state index in [1.165, 1.54) is 4.90 Å². The van der Waals surface area contributed by atoms with Crippen molar-refractivity contribution in [2.45, 2.75) is 38.6 Å². The smallest absolute Gasteiger partial charge is 0.255 e. The summed E-state index contributed by atoms with van der Waals surface area (Å²) in [4.78, 5) is 38.2. The number of piperidine rings is 1. The maximum atomic E-state index is 13.0. The van der Waals surface area contributed by atoms with Crippen molar-refractivity contribution in [3.8, 4) is 5.75 Å². The van der Waals surface area contributed by atoms with E-state index in [0.29, 0.717) is 24.3 Å². The molecule has 5 rings (SSSR count). The van der Waals surface area contributed by atoms with Crippen molar-refractivity contribution in [1.29, 1.82) is 0 Å². The van der Waals surface area contributed by atoms with E-state index in [2.05, 4.69) is 22.0 Å². The molecule has 3 amide bonds. The first kappa shape index (κ1) is 21.6. The quantitative estimate of drug-likeness (QED) is 0.435. The first-order valence-corrected chi connectivity index (χ1v) is 11.2. The van der Waals surface area contributed by atoms with Gasteiger partial charge in [0.25, 0.3) is 5.91 Å². The molecule has 1 unspecified atom stereocenters. The summed E-state index contributed by atoms with van der Waals surface area (Å²) in [5.74, 6) is -0.300. The minimum Gasteiger partial charge on any atom is -0.489 e. The second kappa shape index (κ2) is 8.97. The third kappa shape index (κ3) is 4.34. The number of nitrogens with two attached hydrogens (primary N) is 1. The number of nitrogen functional groups attached to an aromatic ring is 1. The predicted molar refractivity (Wildman–Crippen MR) is 123 cm³/mol. The molecule has 0 saturated carbocycles. The zero-order valence-electron chi connectivity index (χ0n) is 18.6. The number of ether oxygens (including phenoxy) is 1. The van der Waals surface area contributed by atoms with E-state index in [1.54, 1.807) is 12.1 Å². The molecule has 3 aromatic rings. The maximum Gasteiger partial charge on any atom is 0.255 e. The van der Waals surface area contributed by atoms with E-state index >= 15 is 0 Å². The Bertz CT molecular complexity index is 1250. The third-order valence-electron chi connectivity index (χ3n) is 6.24. The lowest BCUT2D eigenvalue weighted by Crippen LogP contribution is -2.52. The highest BCUT2D eigenvalue weighted by atomic mass is 16.5. The number of imide groups is 1. The van der Waals surface area contributed by atoms with E-state index in [-0.39, 0.29) is 24.8 Å². The van der Waals surface area contributed by atoms with Crippen LogP contribution in [0, 0.1) is 0 Å². The van der Waals surface area contributed by atoms with Gasteiger partial charge >= 0.3 is 0 Å². The Morgan fingerprint density at radius 3 is 2.47 bits per heavy atom. The number of carbonyl (C=O) groups is 3. The van der Waals surface area contributed by atoms with Crippen LogP contribution in [0.2, 0.25) is 0 Å². The molecular formula is C26H25N4O4+. The van der Waals surface area contributed by atoms with E-state index in [4.69, 9.17) is 10.5 Å². The van der Waals surface area contributed by atoms with E-state index in [9.17, 15) is 14.4 Å². The Balaban J connectivity index is 1.25. The van der Waals surface area contributed by atoms with Crippen LogP contribution in [0.5, 0.6) is 5.75 Å². The van der Waals surface area contributed by atoms with Crippen LogP contribution in [0.3, 0.4) is 0 Å². The van der Waals surface area contributed by atoms with Gasteiger partial charge in [-0.05, 0) is 24.1 Å². The predicted octanol–water partition coefficient (Wildman–Crippen LogP) is 1.94. The molecule has 3 heterocycles. The maximum absolute atomic E-state index is 13.0. The molecule has 0 bridgehead atoms. The van der Waals surface area contributed by atoms with Crippen molar-refractivity contribution in [2.75, 3.05) is 5.73 Å². The van der Waals surface area contributed by atoms with Gasteiger partial charge in [-0.3, -0.25) is 19.7 Å². The van der Waals surface area contributed by atoms with Crippen LogP contribution >= 0.6 is 0 Å². The Morgan fingerprint density at radius 1 is 1.00 bits per heavy atom. The fraction of sp³-hybridized carbons (Fsp3) is 0.231. The summed E-state index contributed by atoms with van der Waals surface area (Å²) in [6, 6.07) is 16.6. The van der Waals surface area contributed by atoms with Gasteiger partial charge in [0, 0.05) is 40.9 Å². The number of aromatic nitrogens is 1. The molecule has 0 aliphatic carbocycles. The van der Waals surface area contributed by atoms with Crippen LogP contribution in [0.4, 0.5) is 5.69 Å². The average Bonchev–Trinajstić information content (AvgIpc) is 3.17. The topological polar surface area (TPSA) is 106 Å². The number of nitrogens with one attached hydrogen (secondary N) is 1. The van der Waals surface area contributed by atoms with Gasteiger partial charge in [0.05, 0.1) is 6.54 Å². The molecule has 2 aliphatic rings. The van der Waals surface area contributed by atoms with Crippen molar-refractivity contribution >= 4 is 23.4 Å². The van der Waals surface area contributed by atoms with Crippen LogP contribution in [0.1, 0.15) is 39.9 Å². The first-order chi connectivity index (χ1) is 16.5. The lowest BCUT2D eigenvalue weighted by Gasteiger charge is -2.29. The van der Waals surface area contributed by atoms with Gasteiger partial charge in [-0.2, -0.15) is 0 Å². The van der Waals surface area contributed by atoms with Crippen molar-refractivity contribution in [3.63, 3.8) is 0 Å². The zero-order valence-corrected chi connectivity index (χ0v) is 18.6. The second-order valence-corrected chi connectivity index (χ2v) is 8.59. The molecule has 2 aromatic carbocycles. The lowest BCUT2D eigenvalue weighted by atomic mass is 10.0. The Hall–Kier alpha value is -4.20. The molecule has 172 valence electrons. The molecule has 1 aromatic heterocycles. The number of pyridine rings is 1. The third-order valence-corrected chi connectivity index (χ3v) is 6.24. The Morgan fingerprint density at radius 2 is 1.74 bits per heavy atom. The molecule has 3 N–H and O–H groups in total. The molecule has 8 heteroatoms. The van der Waals surface area contributed by atoms with Crippen LogP contribution in [0.25, 0.3) is 0 Å². The molecule has 34 heavy (non-hydrogen) atoms. The van der Waals surface area contributed by atoms with Gasteiger partial charge < -0.3 is 15.4 Å². The number of nitrogens with zero attached hydrogens (tertiary/aromatic N) is 2. The van der Waals surface area contributed by atoms with Crippen molar-refractivity contribution in [2.24, 2.45) is 0 Å². The minimum absolute atomic E-state index is 0.209. The second-order valence-electron chi connectivity index (χ2n) is 8.59. The van der Waals surface area contributed by atoms with Crippen molar-refractivity contribution < 1.29 is 23.7 Å².